The smallest absolute Gasteiger partial charge is 0.348 e. The lowest BCUT2D eigenvalue weighted by atomic mass is 10.3. The van der Waals surface area contributed by atoms with Crippen LogP contribution in [0.4, 0.5) is 5.00 Å². The summed E-state index contributed by atoms with van der Waals surface area (Å²) >= 11 is 1.02. The standard InChI is InChI=1S/C10H13NO4S/c1-3-14-9(12)6-5-7(16-8(6)11)10(13)15-4-2/h5H,3-4,11H2,1-2H3. The Morgan fingerprint density at radius 3 is 2.38 bits per heavy atom. The van der Waals surface area contributed by atoms with Crippen LogP contribution in [0.1, 0.15) is 33.9 Å². The van der Waals surface area contributed by atoms with E-state index < -0.39 is 11.9 Å². The summed E-state index contributed by atoms with van der Waals surface area (Å²) in [5.74, 6) is -0.999. The van der Waals surface area contributed by atoms with Gasteiger partial charge in [-0.3, -0.25) is 0 Å². The van der Waals surface area contributed by atoms with E-state index in [0.717, 1.165) is 11.3 Å². The molecule has 5 nitrogen and oxygen atoms in total. The van der Waals surface area contributed by atoms with Crippen molar-refractivity contribution in [2.45, 2.75) is 13.8 Å². The van der Waals surface area contributed by atoms with Crippen molar-refractivity contribution in [3.63, 3.8) is 0 Å². The molecule has 1 rings (SSSR count). The van der Waals surface area contributed by atoms with Gasteiger partial charge in [0.15, 0.2) is 0 Å². The number of hydrogen-bond acceptors (Lipinski definition) is 6. The number of esters is 2. The normalized spacial score (nSPS) is 9.88. The third kappa shape index (κ3) is 2.73. The zero-order valence-electron chi connectivity index (χ0n) is 9.11. The number of ether oxygens (including phenoxy) is 2. The number of thiophene rings is 1. The fourth-order valence-corrected chi connectivity index (χ4v) is 1.88. The summed E-state index contributed by atoms with van der Waals surface area (Å²) < 4.78 is 9.60. The first-order valence-electron chi connectivity index (χ1n) is 4.83. The van der Waals surface area contributed by atoms with Gasteiger partial charge < -0.3 is 15.2 Å². The van der Waals surface area contributed by atoms with Gasteiger partial charge in [0, 0.05) is 0 Å². The van der Waals surface area contributed by atoms with Crippen molar-refractivity contribution < 1.29 is 19.1 Å². The van der Waals surface area contributed by atoms with Crippen molar-refractivity contribution >= 4 is 28.3 Å². The summed E-state index contributed by atoms with van der Waals surface area (Å²) in [6, 6.07) is 1.40. The van der Waals surface area contributed by atoms with Crippen LogP contribution in [-0.4, -0.2) is 25.2 Å². The van der Waals surface area contributed by atoms with Crippen molar-refractivity contribution in [3.8, 4) is 0 Å². The Hall–Kier alpha value is -1.56. The molecule has 2 N–H and O–H groups in total. The Morgan fingerprint density at radius 2 is 1.81 bits per heavy atom. The van der Waals surface area contributed by atoms with Crippen LogP contribution in [0.25, 0.3) is 0 Å². The average molecular weight is 243 g/mol. The predicted octanol–water partition coefficient (Wildman–Crippen LogP) is 1.68. The van der Waals surface area contributed by atoms with Gasteiger partial charge in [0.05, 0.1) is 18.8 Å². The summed E-state index contributed by atoms with van der Waals surface area (Å²) in [7, 11) is 0. The maximum absolute atomic E-state index is 11.4. The number of rotatable bonds is 4. The van der Waals surface area contributed by atoms with Crippen molar-refractivity contribution in [3.05, 3.63) is 16.5 Å². The van der Waals surface area contributed by atoms with Gasteiger partial charge in [0.25, 0.3) is 0 Å². The van der Waals surface area contributed by atoms with Crippen molar-refractivity contribution in [1.29, 1.82) is 0 Å². The quantitative estimate of drug-likeness (QED) is 0.814. The van der Waals surface area contributed by atoms with E-state index in [-0.39, 0.29) is 23.8 Å². The fourth-order valence-electron chi connectivity index (χ4n) is 1.08. The molecule has 0 fully saturated rings. The summed E-state index contributed by atoms with van der Waals surface area (Å²) in [5, 5.41) is 0.265. The molecule has 0 aliphatic rings. The molecule has 1 aromatic heterocycles. The summed E-state index contributed by atoms with van der Waals surface area (Å²) in [6.45, 7) is 3.96. The second kappa shape index (κ2) is 5.50. The molecule has 0 aromatic carbocycles. The lowest BCUT2D eigenvalue weighted by Crippen LogP contribution is -2.06. The van der Waals surface area contributed by atoms with E-state index in [1.54, 1.807) is 13.8 Å². The van der Waals surface area contributed by atoms with Crippen LogP contribution in [0.15, 0.2) is 6.07 Å². The summed E-state index contributed by atoms with van der Waals surface area (Å²) in [6.07, 6.45) is 0. The lowest BCUT2D eigenvalue weighted by molar-refractivity contribution is 0.0527. The van der Waals surface area contributed by atoms with Gasteiger partial charge in [0.2, 0.25) is 0 Å². The Morgan fingerprint density at radius 1 is 1.25 bits per heavy atom. The zero-order chi connectivity index (χ0) is 12.1. The molecule has 0 bridgehead atoms. The molecule has 1 heterocycles. The van der Waals surface area contributed by atoms with Crippen LogP contribution in [0.5, 0.6) is 0 Å². The van der Waals surface area contributed by atoms with Crippen LogP contribution in [0.2, 0.25) is 0 Å². The fraction of sp³-hybridized carbons (Fsp3) is 0.400. The van der Waals surface area contributed by atoms with E-state index in [4.69, 9.17) is 15.2 Å². The molecule has 0 saturated heterocycles. The van der Waals surface area contributed by atoms with E-state index in [1.807, 2.05) is 0 Å². The van der Waals surface area contributed by atoms with Gasteiger partial charge in [-0.1, -0.05) is 0 Å². The molecule has 0 aliphatic carbocycles. The predicted molar refractivity (Wildman–Crippen MR) is 60.6 cm³/mol. The van der Waals surface area contributed by atoms with Crippen molar-refractivity contribution in [2.24, 2.45) is 0 Å². The molecule has 0 spiro atoms. The Balaban J connectivity index is 2.89. The van der Waals surface area contributed by atoms with Crippen LogP contribution in [0.3, 0.4) is 0 Å². The molecule has 1 aromatic rings. The molecule has 6 heteroatoms. The van der Waals surface area contributed by atoms with E-state index in [0.29, 0.717) is 4.88 Å². The second-order valence-corrected chi connectivity index (χ2v) is 3.91. The molecule has 0 atom stereocenters. The molecule has 0 unspecified atom stereocenters. The van der Waals surface area contributed by atoms with E-state index in [2.05, 4.69) is 0 Å². The third-order valence-electron chi connectivity index (χ3n) is 1.73. The number of hydrogen-bond donors (Lipinski definition) is 1. The van der Waals surface area contributed by atoms with Crippen LogP contribution < -0.4 is 5.73 Å². The van der Waals surface area contributed by atoms with Gasteiger partial charge in [-0.2, -0.15) is 0 Å². The molecular formula is C10H13NO4S. The number of carbonyl (C=O) groups is 2. The Kier molecular flexibility index (Phi) is 4.30. The molecular weight excluding hydrogens is 230 g/mol. The number of carbonyl (C=O) groups excluding carboxylic acids is 2. The first kappa shape index (κ1) is 12.5. The average Bonchev–Trinajstić information content (AvgIpc) is 2.61. The van der Waals surface area contributed by atoms with Crippen LogP contribution in [0, 0.1) is 0 Å². The molecule has 16 heavy (non-hydrogen) atoms. The van der Waals surface area contributed by atoms with Gasteiger partial charge in [0.1, 0.15) is 9.88 Å². The second-order valence-electron chi connectivity index (χ2n) is 2.83. The minimum absolute atomic E-state index is 0.218. The molecule has 0 aliphatic heterocycles. The number of nitrogen functional groups attached to an aromatic ring is 1. The van der Waals surface area contributed by atoms with E-state index in [1.165, 1.54) is 6.07 Å². The van der Waals surface area contributed by atoms with Gasteiger partial charge in [-0.25, -0.2) is 9.59 Å². The van der Waals surface area contributed by atoms with Gasteiger partial charge in [-0.05, 0) is 19.9 Å². The maximum atomic E-state index is 11.4. The summed E-state index contributed by atoms with van der Waals surface area (Å²) in [5.41, 5.74) is 5.83. The largest absolute Gasteiger partial charge is 0.462 e. The highest BCUT2D eigenvalue weighted by Gasteiger charge is 2.19. The topological polar surface area (TPSA) is 78.6 Å². The minimum atomic E-state index is -0.521. The monoisotopic (exact) mass is 243 g/mol. The van der Waals surface area contributed by atoms with E-state index >= 15 is 0 Å². The van der Waals surface area contributed by atoms with Crippen molar-refractivity contribution in [2.75, 3.05) is 18.9 Å². The molecule has 0 saturated carbocycles. The first-order valence-corrected chi connectivity index (χ1v) is 5.65. The SMILES string of the molecule is CCOC(=O)c1cc(C(=O)OCC)c(N)s1. The highest BCUT2D eigenvalue weighted by atomic mass is 32.1. The molecule has 0 amide bonds. The first-order chi connectivity index (χ1) is 7.60. The van der Waals surface area contributed by atoms with E-state index in [9.17, 15) is 9.59 Å². The maximum Gasteiger partial charge on any atom is 0.348 e. The highest BCUT2D eigenvalue weighted by molar-refractivity contribution is 7.18. The highest BCUT2D eigenvalue weighted by Crippen LogP contribution is 2.26. The zero-order valence-corrected chi connectivity index (χ0v) is 9.93. The molecule has 88 valence electrons. The minimum Gasteiger partial charge on any atom is -0.462 e. The lowest BCUT2D eigenvalue weighted by Gasteiger charge is -1.98. The molecule has 0 radical (unpaired) electrons. The van der Waals surface area contributed by atoms with Crippen molar-refractivity contribution in [1.82, 2.24) is 0 Å². The van der Waals surface area contributed by atoms with Gasteiger partial charge in [-0.15, -0.1) is 11.3 Å². The number of nitrogens with two attached hydrogens (primary N) is 1. The Bertz CT molecular complexity index is 400. The van der Waals surface area contributed by atoms with Gasteiger partial charge >= 0.3 is 11.9 Å². The third-order valence-corrected chi connectivity index (χ3v) is 2.68. The van der Waals surface area contributed by atoms with Crippen LogP contribution in [-0.2, 0) is 9.47 Å². The number of anilines is 1. The Labute approximate surface area is 97.2 Å². The van der Waals surface area contributed by atoms with Crippen LogP contribution >= 0.6 is 11.3 Å². The summed E-state index contributed by atoms with van der Waals surface area (Å²) in [4.78, 5) is 23.1.